The lowest BCUT2D eigenvalue weighted by Crippen LogP contribution is -2.28. The minimum absolute atomic E-state index is 0.192. The summed E-state index contributed by atoms with van der Waals surface area (Å²) in [6.07, 6.45) is 1.90. The van der Waals surface area contributed by atoms with Crippen molar-refractivity contribution in [3.63, 3.8) is 0 Å². The third kappa shape index (κ3) is 3.52. The summed E-state index contributed by atoms with van der Waals surface area (Å²) in [7, 11) is 1.60. The number of hydrogen-bond acceptors (Lipinski definition) is 4. The molecular formula is C16H19N3O3. The molecule has 0 aliphatic carbocycles. The molecule has 0 radical (unpaired) electrons. The fraction of sp³-hybridized carbons (Fsp3) is 0.312. The largest absolute Gasteiger partial charge is 0.497 e. The van der Waals surface area contributed by atoms with Crippen molar-refractivity contribution in [3.8, 4) is 5.75 Å². The number of anilines is 1. The predicted molar refractivity (Wildman–Crippen MR) is 84.3 cm³/mol. The van der Waals surface area contributed by atoms with E-state index >= 15 is 0 Å². The number of nitrogens with one attached hydrogen (secondary N) is 1. The van der Waals surface area contributed by atoms with E-state index in [0.717, 1.165) is 11.3 Å². The van der Waals surface area contributed by atoms with E-state index in [4.69, 9.17) is 4.74 Å². The van der Waals surface area contributed by atoms with Gasteiger partial charge in [-0.25, -0.2) is 4.68 Å². The second kappa shape index (κ2) is 6.89. The molecule has 1 aromatic heterocycles. The van der Waals surface area contributed by atoms with Crippen molar-refractivity contribution in [3.05, 3.63) is 51.9 Å². The zero-order chi connectivity index (χ0) is 16.1. The van der Waals surface area contributed by atoms with E-state index in [1.165, 1.54) is 4.68 Å². The maximum absolute atomic E-state index is 12.4. The van der Waals surface area contributed by atoms with Crippen LogP contribution in [0.4, 0.5) is 5.69 Å². The Morgan fingerprint density at radius 3 is 2.59 bits per heavy atom. The van der Waals surface area contributed by atoms with Gasteiger partial charge in [0.2, 0.25) is 5.91 Å². The van der Waals surface area contributed by atoms with E-state index in [1.54, 1.807) is 27.2 Å². The molecule has 0 fully saturated rings. The first-order chi connectivity index (χ1) is 10.5. The standard InChI is InChI=1S/C16H19N3O3/c1-4-14(20)18-15-11(2)9-17-19(16(15)21)10-12-5-7-13(22-3)8-6-12/h5-9H,4,10H2,1-3H3,(H,18,20). The molecule has 0 atom stereocenters. The Labute approximate surface area is 128 Å². The monoisotopic (exact) mass is 301 g/mol. The summed E-state index contributed by atoms with van der Waals surface area (Å²) in [5, 5.41) is 6.77. The van der Waals surface area contributed by atoms with Gasteiger partial charge in [0.25, 0.3) is 5.56 Å². The first kappa shape index (κ1) is 15.8. The van der Waals surface area contributed by atoms with Crippen LogP contribution in [-0.2, 0) is 11.3 Å². The lowest BCUT2D eigenvalue weighted by Gasteiger charge is -2.10. The van der Waals surface area contributed by atoms with Crippen molar-refractivity contribution in [2.75, 3.05) is 12.4 Å². The van der Waals surface area contributed by atoms with E-state index in [-0.39, 0.29) is 17.2 Å². The van der Waals surface area contributed by atoms with Gasteiger partial charge in [-0.1, -0.05) is 19.1 Å². The number of hydrogen-bond donors (Lipinski definition) is 1. The number of methoxy groups -OCH3 is 1. The Kier molecular flexibility index (Phi) is 4.93. The molecule has 116 valence electrons. The molecule has 0 saturated carbocycles. The molecule has 0 aliphatic rings. The number of amides is 1. The molecule has 2 rings (SSSR count). The van der Waals surface area contributed by atoms with E-state index < -0.39 is 0 Å². The number of ether oxygens (including phenoxy) is 1. The van der Waals surface area contributed by atoms with Crippen molar-refractivity contribution >= 4 is 11.6 Å². The smallest absolute Gasteiger partial charge is 0.291 e. The van der Waals surface area contributed by atoms with Crippen molar-refractivity contribution in [2.24, 2.45) is 0 Å². The first-order valence-corrected chi connectivity index (χ1v) is 7.04. The molecule has 6 nitrogen and oxygen atoms in total. The maximum Gasteiger partial charge on any atom is 0.291 e. The third-order valence-electron chi connectivity index (χ3n) is 3.31. The lowest BCUT2D eigenvalue weighted by atomic mass is 10.2. The van der Waals surface area contributed by atoms with Gasteiger partial charge in [-0.05, 0) is 30.2 Å². The van der Waals surface area contributed by atoms with Gasteiger partial charge in [0, 0.05) is 6.42 Å². The van der Waals surface area contributed by atoms with Crippen molar-refractivity contribution in [1.82, 2.24) is 9.78 Å². The lowest BCUT2D eigenvalue weighted by molar-refractivity contribution is -0.115. The van der Waals surface area contributed by atoms with Crippen LogP contribution in [0, 0.1) is 6.92 Å². The van der Waals surface area contributed by atoms with E-state index in [9.17, 15) is 9.59 Å². The average Bonchev–Trinajstić information content (AvgIpc) is 2.54. The number of aryl methyl sites for hydroxylation is 1. The highest BCUT2D eigenvalue weighted by atomic mass is 16.5. The van der Waals surface area contributed by atoms with Crippen LogP contribution in [0.2, 0.25) is 0 Å². The predicted octanol–water partition coefficient (Wildman–Crippen LogP) is 1.96. The van der Waals surface area contributed by atoms with Gasteiger partial charge >= 0.3 is 0 Å². The number of carbonyl (C=O) groups is 1. The molecule has 2 aromatic rings. The molecule has 0 spiro atoms. The van der Waals surface area contributed by atoms with Crippen LogP contribution in [0.1, 0.15) is 24.5 Å². The van der Waals surface area contributed by atoms with Crippen LogP contribution in [0.25, 0.3) is 0 Å². The summed E-state index contributed by atoms with van der Waals surface area (Å²) in [6, 6.07) is 7.40. The number of nitrogens with zero attached hydrogens (tertiary/aromatic N) is 2. The van der Waals surface area contributed by atoms with E-state index in [0.29, 0.717) is 18.5 Å². The highest BCUT2D eigenvalue weighted by molar-refractivity contribution is 5.90. The number of aromatic nitrogens is 2. The Hall–Kier alpha value is -2.63. The number of benzene rings is 1. The summed E-state index contributed by atoms with van der Waals surface area (Å²) in [5.41, 5.74) is 1.55. The van der Waals surface area contributed by atoms with Gasteiger partial charge < -0.3 is 10.1 Å². The van der Waals surface area contributed by atoms with Crippen LogP contribution in [-0.4, -0.2) is 22.8 Å². The van der Waals surface area contributed by atoms with Gasteiger partial charge in [-0.3, -0.25) is 9.59 Å². The minimum atomic E-state index is -0.308. The fourth-order valence-electron chi connectivity index (χ4n) is 1.97. The van der Waals surface area contributed by atoms with Crippen LogP contribution >= 0.6 is 0 Å². The van der Waals surface area contributed by atoms with Gasteiger partial charge in [0.1, 0.15) is 11.4 Å². The molecular weight excluding hydrogens is 282 g/mol. The molecule has 1 N–H and O–H groups in total. The Morgan fingerprint density at radius 2 is 2.00 bits per heavy atom. The van der Waals surface area contributed by atoms with Gasteiger partial charge in [-0.2, -0.15) is 5.10 Å². The van der Waals surface area contributed by atoms with Crippen LogP contribution in [0.3, 0.4) is 0 Å². The Morgan fingerprint density at radius 1 is 1.32 bits per heavy atom. The molecule has 0 unspecified atom stereocenters. The van der Waals surface area contributed by atoms with Gasteiger partial charge in [0.05, 0.1) is 19.9 Å². The molecule has 1 amide bonds. The van der Waals surface area contributed by atoms with Gasteiger partial charge in [-0.15, -0.1) is 0 Å². The minimum Gasteiger partial charge on any atom is -0.497 e. The van der Waals surface area contributed by atoms with Crippen molar-refractivity contribution in [2.45, 2.75) is 26.8 Å². The quantitative estimate of drug-likeness (QED) is 0.916. The molecule has 0 aliphatic heterocycles. The topological polar surface area (TPSA) is 73.2 Å². The van der Waals surface area contributed by atoms with Crippen LogP contribution in [0.15, 0.2) is 35.3 Å². The van der Waals surface area contributed by atoms with Crippen molar-refractivity contribution < 1.29 is 9.53 Å². The highest BCUT2D eigenvalue weighted by Gasteiger charge is 2.11. The summed E-state index contributed by atoms with van der Waals surface area (Å²) in [5.74, 6) is 0.561. The molecule has 1 heterocycles. The molecule has 0 bridgehead atoms. The van der Waals surface area contributed by atoms with Gasteiger partial charge in [0.15, 0.2) is 0 Å². The second-order valence-electron chi connectivity index (χ2n) is 4.92. The van der Waals surface area contributed by atoms with E-state index in [2.05, 4.69) is 10.4 Å². The second-order valence-corrected chi connectivity index (χ2v) is 4.92. The normalized spacial score (nSPS) is 10.3. The molecule has 22 heavy (non-hydrogen) atoms. The zero-order valence-corrected chi connectivity index (χ0v) is 12.9. The summed E-state index contributed by atoms with van der Waals surface area (Å²) in [6.45, 7) is 3.82. The van der Waals surface area contributed by atoms with Crippen molar-refractivity contribution in [1.29, 1.82) is 0 Å². The average molecular weight is 301 g/mol. The Bertz CT molecular complexity index is 720. The molecule has 1 aromatic carbocycles. The summed E-state index contributed by atoms with van der Waals surface area (Å²) < 4.78 is 6.44. The molecule has 6 heteroatoms. The number of rotatable bonds is 5. The Balaban J connectivity index is 2.29. The first-order valence-electron chi connectivity index (χ1n) is 7.04. The fourth-order valence-corrected chi connectivity index (χ4v) is 1.97. The third-order valence-corrected chi connectivity index (χ3v) is 3.31. The highest BCUT2D eigenvalue weighted by Crippen LogP contribution is 2.12. The van der Waals surface area contributed by atoms with Crippen LogP contribution < -0.4 is 15.6 Å². The summed E-state index contributed by atoms with van der Waals surface area (Å²) in [4.78, 5) is 24.0. The maximum atomic E-state index is 12.4. The number of carbonyl (C=O) groups excluding carboxylic acids is 1. The summed E-state index contributed by atoms with van der Waals surface area (Å²) >= 11 is 0. The zero-order valence-electron chi connectivity index (χ0n) is 12.9. The van der Waals surface area contributed by atoms with E-state index in [1.807, 2.05) is 24.3 Å². The van der Waals surface area contributed by atoms with Crippen LogP contribution in [0.5, 0.6) is 5.75 Å². The molecule has 0 saturated heterocycles. The SMILES string of the molecule is CCC(=O)Nc1c(C)cnn(Cc2ccc(OC)cc2)c1=O.